The minimum Gasteiger partial charge on any atom is -0.482 e. The van der Waals surface area contributed by atoms with Crippen molar-refractivity contribution in [2.45, 2.75) is 20.0 Å². The van der Waals surface area contributed by atoms with E-state index >= 15 is 0 Å². The smallest absolute Gasteiger partial charge is 0.373 e. The number of carbonyl (C=O) groups is 1. The van der Waals surface area contributed by atoms with Gasteiger partial charge < -0.3 is 13.9 Å². The summed E-state index contributed by atoms with van der Waals surface area (Å²) in [5.74, 6) is 1.01. The third-order valence-corrected chi connectivity index (χ3v) is 3.36. The second kappa shape index (κ2) is 6.13. The summed E-state index contributed by atoms with van der Waals surface area (Å²) >= 11 is 3.41. The second-order valence-corrected chi connectivity index (χ2v) is 5.28. The summed E-state index contributed by atoms with van der Waals surface area (Å²) in [5.41, 5.74) is 1.03. The molecule has 0 aliphatic heterocycles. The van der Waals surface area contributed by atoms with Crippen molar-refractivity contribution in [2.75, 3.05) is 7.11 Å². The Morgan fingerprint density at radius 1 is 1.30 bits per heavy atom. The number of furan rings is 1. The number of hydrogen-bond donors (Lipinski definition) is 0. The molecule has 1 unspecified atom stereocenters. The van der Waals surface area contributed by atoms with Gasteiger partial charge in [0, 0.05) is 4.47 Å². The maximum atomic E-state index is 11.3. The molecule has 0 bridgehead atoms. The van der Waals surface area contributed by atoms with E-state index in [1.807, 2.05) is 32.0 Å². The van der Waals surface area contributed by atoms with Crippen LogP contribution < -0.4 is 4.74 Å². The Hall–Kier alpha value is -1.75. The molecular weight excluding hydrogens is 324 g/mol. The van der Waals surface area contributed by atoms with E-state index in [-0.39, 0.29) is 11.9 Å². The van der Waals surface area contributed by atoms with E-state index in [0.717, 1.165) is 15.8 Å². The quantitative estimate of drug-likeness (QED) is 0.780. The minimum atomic E-state index is -0.498. The van der Waals surface area contributed by atoms with Gasteiger partial charge in [0.05, 0.1) is 7.11 Å². The van der Waals surface area contributed by atoms with Crippen LogP contribution in [0.25, 0.3) is 0 Å². The molecule has 1 aromatic carbocycles. The highest BCUT2D eigenvalue weighted by atomic mass is 79.9. The van der Waals surface area contributed by atoms with Crippen LogP contribution in [0.4, 0.5) is 0 Å². The first-order valence-corrected chi connectivity index (χ1v) is 6.91. The molecule has 0 aliphatic carbocycles. The summed E-state index contributed by atoms with van der Waals surface area (Å²) < 4.78 is 16.8. The third kappa shape index (κ3) is 3.22. The van der Waals surface area contributed by atoms with Gasteiger partial charge in [0.25, 0.3) is 0 Å². The molecule has 0 saturated heterocycles. The number of methoxy groups -OCH3 is 1. The summed E-state index contributed by atoms with van der Waals surface area (Å²) in [4.78, 5) is 11.3. The highest BCUT2D eigenvalue weighted by Gasteiger charge is 2.17. The maximum absolute atomic E-state index is 11.3. The Bertz CT molecular complexity index is 618. The summed E-state index contributed by atoms with van der Waals surface area (Å²) in [6.07, 6.45) is -0.304. The number of halogens is 1. The predicted molar refractivity (Wildman–Crippen MR) is 78.0 cm³/mol. The van der Waals surface area contributed by atoms with Crippen molar-refractivity contribution in [2.24, 2.45) is 0 Å². The van der Waals surface area contributed by atoms with Gasteiger partial charge in [-0.1, -0.05) is 22.0 Å². The van der Waals surface area contributed by atoms with Crippen LogP contribution in [-0.2, 0) is 4.74 Å². The average Bonchev–Trinajstić information content (AvgIpc) is 2.91. The van der Waals surface area contributed by atoms with Crippen LogP contribution in [-0.4, -0.2) is 13.1 Å². The molecule has 0 fully saturated rings. The second-order valence-electron chi connectivity index (χ2n) is 4.36. The van der Waals surface area contributed by atoms with Gasteiger partial charge in [-0.25, -0.2) is 4.79 Å². The molecule has 1 heterocycles. The minimum absolute atomic E-state index is 0.170. The molecule has 2 aromatic rings. The van der Waals surface area contributed by atoms with Crippen molar-refractivity contribution in [1.82, 2.24) is 0 Å². The molecule has 0 spiro atoms. The molecule has 0 aliphatic rings. The standard InChI is InChI=1S/C15H15BrO4/c1-9-4-5-11(16)8-14(9)19-10(2)12-6-7-13(20-12)15(17)18-3/h4-8,10H,1-3H3. The van der Waals surface area contributed by atoms with Gasteiger partial charge in [-0.3, -0.25) is 0 Å². The Balaban J connectivity index is 2.15. The van der Waals surface area contributed by atoms with Gasteiger partial charge in [0.15, 0.2) is 6.10 Å². The predicted octanol–water partition coefficient (Wildman–Crippen LogP) is 4.28. The molecule has 0 N–H and O–H groups in total. The van der Waals surface area contributed by atoms with Crippen LogP contribution in [0.15, 0.2) is 39.2 Å². The van der Waals surface area contributed by atoms with E-state index in [1.165, 1.54) is 7.11 Å². The SMILES string of the molecule is COC(=O)c1ccc(C(C)Oc2cc(Br)ccc2C)o1. The summed E-state index contributed by atoms with van der Waals surface area (Å²) in [6, 6.07) is 9.11. The van der Waals surface area contributed by atoms with Crippen LogP contribution in [0.1, 0.15) is 34.9 Å². The van der Waals surface area contributed by atoms with Crippen LogP contribution >= 0.6 is 15.9 Å². The molecule has 0 amide bonds. The zero-order valence-corrected chi connectivity index (χ0v) is 13.1. The van der Waals surface area contributed by atoms with Gasteiger partial charge in [-0.2, -0.15) is 0 Å². The molecule has 106 valence electrons. The van der Waals surface area contributed by atoms with Gasteiger partial charge >= 0.3 is 5.97 Å². The highest BCUT2D eigenvalue weighted by Crippen LogP contribution is 2.28. The molecule has 4 nitrogen and oxygen atoms in total. The Morgan fingerprint density at radius 2 is 2.05 bits per heavy atom. The van der Waals surface area contributed by atoms with Crippen LogP contribution in [0, 0.1) is 6.92 Å². The highest BCUT2D eigenvalue weighted by molar-refractivity contribution is 9.10. The number of hydrogen-bond acceptors (Lipinski definition) is 4. The van der Waals surface area contributed by atoms with Crippen molar-refractivity contribution in [1.29, 1.82) is 0 Å². The molecule has 1 atom stereocenters. The normalized spacial score (nSPS) is 12.0. The Kier molecular flexibility index (Phi) is 4.49. The molecule has 2 rings (SSSR count). The van der Waals surface area contributed by atoms with E-state index in [9.17, 15) is 4.79 Å². The van der Waals surface area contributed by atoms with Gasteiger partial charge in [0.1, 0.15) is 11.5 Å². The average molecular weight is 339 g/mol. The Labute approximate surface area is 125 Å². The number of rotatable bonds is 4. The summed E-state index contributed by atoms with van der Waals surface area (Å²) in [5, 5.41) is 0. The molecule has 1 aromatic heterocycles. The first-order valence-electron chi connectivity index (χ1n) is 6.12. The third-order valence-electron chi connectivity index (χ3n) is 2.87. The van der Waals surface area contributed by atoms with E-state index in [0.29, 0.717) is 5.76 Å². The molecule has 0 saturated carbocycles. The Morgan fingerprint density at radius 3 is 2.75 bits per heavy atom. The van der Waals surface area contributed by atoms with Crippen molar-refractivity contribution < 1.29 is 18.7 Å². The first-order chi connectivity index (χ1) is 9.51. The van der Waals surface area contributed by atoms with Crippen LogP contribution in [0.2, 0.25) is 0 Å². The number of carbonyl (C=O) groups excluding carboxylic acids is 1. The van der Waals surface area contributed by atoms with Crippen LogP contribution in [0.5, 0.6) is 5.75 Å². The number of benzene rings is 1. The first kappa shape index (κ1) is 14.7. The molecule has 20 heavy (non-hydrogen) atoms. The fraction of sp³-hybridized carbons (Fsp3) is 0.267. The largest absolute Gasteiger partial charge is 0.482 e. The van der Waals surface area contributed by atoms with E-state index in [1.54, 1.807) is 12.1 Å². The molecule has 0 radical (unpaired) electrons. The van der Waals surface area contributed by atoms with Gasteiger partial charge in [-0.15, -0.1) is 0 Å². The lowest BCUT2D eigenvalue weighted by Gasteiger charge is -2.14. The summed E-state index contributed by atoms with van der Waals surface area (Å²) in [7, 11) is 1.31. The van der Waals surface area contributed by atoms with Crippen molar-refractivity contribution >= 4 is 21.9 Å². The van der Waals surface area contributed by atoms with Crippen molar-refractivity contribution in [3.8, 4) is 5.75 Å². The monoisotopic (exact) mass is 338 g/mol. The topological polar surface area (TPSA) is 48.7 Å². The lowest BCUT2D eigenvalue weighted by molar-refractivity contribution is 0.0558. The fourth-order valence-corrected chi connectivity index (χ4v) is 2.07. The van der Waals surface area contributed by atoms with Gasteiger partial charge in [0.2, 0.25) is 5.76 Å². The zero-order chi connectivity index (χ0) is 14.7. The van der Waals surface area contributed by atoms with Gasteiger partial charge in [-0.05, 0) is 43.7 Å². The fourth-order valence-electron chi connectivity index (χ4n) is 1.73. The number of esters is 1. The maximum Gasteiger partial charge on any atom is 0.373 e. The van der Waals surface area contributed by atoms with E-state index < -0.39 is 5.97 Å². The lowest BCUT2D eigenvalue weighted by atomic mass is 10.2. The van der Waals surface area contributed by atoms with Crippen molar-refractivity contribution in [3.63, 3.8) is 0 Å². The van der Waals surface area contributed by atoms with E-state index in [4.69, 9.17) is 9.15 Å². The number of ether oxygens (including phenoxy) is 2. The molecular formula is C15H15BrO4. The van der Waals surface area contributed by atoms with Crippen LogP contribution in [0.3, 0.4) is 0 Å². The molecule has 5 heteroatoms. The lowest BCUT2D eigenvalue weighted by Crippen LogP contribution is -2.03. The summed E-state index contributed by atoms with van der Waals surface area (Å²) in [6.45, 7) is 3.83. The van der Waals surface area contributed by atoms with E-state index in [2.05, 4.69) is 20.7 Å². The number of aryl methyl sites for hydroxylation is 1. The van der Waals surface area contributed by atoms with Crippen molar-refractivity contribution in [3.05, 3.63) is 51.9 Å². The zero-order valence-electron chi connectivity index (χ0n) is 11.5.